The fraction of sp³-hybridized carbons (Fsp3) is 0.500. The average Bonchev–Trinajstić information content (AvgIpc) is 2.52. The van der Waals surface area contributed by atoms with E-state index in [1.54, 1.807) is 38.1 Å². The molecule has 1 aromatic rings. The lowest BCUT2D eigenvalue weighted by Gasteiger charge is -2.22. The molecule has 0 aromatic heterocycles. The van der Waals surface area contributed by atoms with Gasteiger partial charge in [0.1, 0.15) is 0 Å². The van der Waals surface area contributed by atoms with E-state index in [1.807, 2.05) is 0 Å². The fourth-order valence-electron chi connectivity index (χ4n) is 2.37. The second-order valence-corrected chi connectivity index (χ2v) is 5.96. The number of esters is 2. The minimum Gasteiger partial charge on any atom is -0.466 e. The summed E-state index contributed by atoms with van der Waals surface area (Å²) in [4.78, 5) is 34.7. The van der Waals surface area contributed by atoms with Crippen molar-refractivity contribution in [3.63, 3.8) is 0 Å². The van der Waals surface area contributed by atoms with Crippen molar-refractivity contribution in [1.29, 1.82) is 0 Å². The number of carbonyl (C=O) groups excluding carboxylic acids is 2. The molecule has 0 radical (unpaired) electrons. The Labute approximate surface area is 148 Å². The van der Waals surface area contributed by atoms with Gasteiger partial charge >= 0.3 is 11.9 Å². The summed E-state index contributed by atoms with van der Waals surface area (Å²) < 4.78 is 10.7. The van der Waals surface area contributed by atoms with Gasteiger partial charge < -0.3 is 9.47 Å². The minimum absolute atomic E-state index is 0.129. The molecular weight excluding hydrogens is 382 g/mol. The van der Waals surface area contributed by atoms with E-state index in [0.717, 1.165) is 4.47 Å². The second kappa shape index (κ2) is 10.0. The topological polar surface area (TPSA) is 95.7 Å². The molecule has 132 valence electrons. The number of ether oxygens (including phenoxy) is 2. The van der Waals surface area contributed by atoms with Gasteiger partial charge in [-0.2, -0.15) is 0 Å². The number of carbonyl (C=O) groups is 2. The van der Waals surface area contributed by atoms with Gasteiger partial charge in [-0.15, -0.1) is 0 Å². The molecule has 0 aliphatic rings. The largest absolute Gasteiger partial charge is 0.466 e. The van der Waals surface area contributed by atoms with Crippen molar-refractivity contribution in [2.45, 2.75) is 26.2 Å². The van der Waals surface area contributed by atoms with E-state index in [-0.39, 0.29) is 19.6 Å². The van der Waals surface area contributed by atoms with Crippen molar-refractivity contribution in [1.82, 2.24) is 0 Å². The standard InChI is InChI=1S/C16H20BrNO6/c1-3-23-15(19)9-13(16(20)24-4-2)14(10-18(21)22)11-5-7-12(17)8-6-11/h5-8,13-14H,3-4,9-10H2,1-2H3/t13?,14-/m1/s1. The average molecular weight is 402 g/mol. The van der Waals surface area contributed by atoms with Crippen LogP contribution in [0.3, 0.4) is 0 Å². The van der Waals surface area contributed by atoms with Gasteiger partial charge in [-0.25, -0.2) is 0 Å². The molecule has 2 atom stereocenters. The Bertz CT molecular complexity index is 574. The summed E-state index contributed by atoms with van der Waals surface area (Å²) in [6.45, 7) is 3.11. The Morgan fingerprint density at radius 3 is 2.25 bits per heavy atom. The molecule has 0 heterocycles. The van der Waals surface area contributed by atoms with Crippen LogP contribution in [0, 0.1) is 16.0 Å². The smallest absolute Gasteiger partial charge is 0.310 e. The van der Waals surface area contributed by atoms with Crippen molar-refractivity contribution in [2.24, 2.45) is 5.92 Å². The molecule has 0 saturated heterocycles. The van der Waals surface area contributed by atoms with E-state index in [0.29, 0.717) is 5.56 Å². The maximum Gasteiger partial charge on any atom is 0.310 e. The molecule has 1 aromatic carbocycles. The first kappa shape index (κ1) is 20.1. The molecule has 1 unspecified atom stereocenters. The number of rotatable bonds is 9. The number of nitrogens with zero attached hydrogens (tertiary/aromatic N) is 1. The first-order valence-corrected chi connectivity index (χ1v) is 8.37. The first-order valence-electron chi connectivity index (χ1n) is 7.58. The van der Waals surface area contributed by atoms with Gasteiger partial charge in [-0.05, 0) is 31.5 Å². The number of nitro groups is 1. The first-order chi connectivity index (χ1) is 11.4. The Morgan fingerprint density at radius 2 is 1.75 bits per heavy atom. The number of hydrogen-bond donors (Lipinski definition) is 0. The number of benzene rings is 1. The molecule has 0 aliphatic carbocycles. The molecular formula is C16H20BrNO6. The summed E-state index contributed by atoms with van der Waals surface area (Å²) in [5.74, 6) is -2.98. The third-order valence-corrected chi connectivity index (χ3v) is 3.94. The summed E-state index contributed by atoms with van der Waals surface area (Å²) in [6.07, 6.45) is -0.263. The lowest BCUT2D eigenvalue weighted by atomic mass is 9.83. The predicted octanol–water partition coefficient (Wildman–Crippen LogP) is 2.94. The SMILES string of the molecule is CCOC(=O)CC(C(=O)OCC)[C@H](C[N+](=O)[O-])c1ccc(Br)cc1. The summed E-state index contributed by atoms with van der Waals surface area (Å²) in [5.41, 5.74) is 0.595. The van der Waals surface area contributed by atoms with Crippen LogP contribution in [0.2, 0.25) is 0 Å². The van der Waals surface area contributed by atoms with E-state index in [4.69, 9.17) is 9.47 Å². The third-order valence-electron chi connectivity index (χ3n) is 3.41. The maximum atomic E-state index is 12.3. The molecule has 0 bridgehead atoms. The zero-order valence-electron chi connectivity index (χ0n) is 13.6. The van der Waals surface area contributed by atoms with Gasteiger partial charge in [0.15, 0.2) is 0 Å². The molecule has 0 amide bonds. The fourth-order valence-corrected chi connectivity index (χ4v) is 2.64. The van der Waals surface area contributed by atoms with Crippen LogP contribution in [-0.2, 0) is 19.1 Å². The molecule has 0 aliphatic heterocycles. The van der Waals surface area contributed by atoms with Gasteiger partial charge in [0, 0.05) is 9.40 Å². The van der Waals surface area contributed by atoms with E-state index < -0.39 is 35.2 Å². The summed E-state index contributed by atoms with van der Waals surface area (Å²) in [7, 11) is 0. The molecule has 8 heteroatoms. The lowest BCUT2D eigenvalue weighted by Crippen LogP contribution is -2.31. The quantitative estimate of drug-likeness (QED) is 0.358. The minimum atomic E-state index is -0.976. The zero-order valence-corrected chi connectivity index (χ0v) is 15.2. The van der Waals surface area contributed by atoms with E-state index in [9.17, 15) is 19.7 Å². The van der Waals surface area contributed by atoms with Gasteiger partial charge in [0.25, 0.3) is 0 Å². The van der Waals surface area contributed by atoms with Gasteiger partial charge in [-0.1, -0.05) is 28.1 Å². The Hall–Kier alpha value is -1.96. The van der Waals surface area contributed by atoms with E-state index >= 15 is 0 Å². The highest BCUT2D eigenvalue weighted by Crippen LogP contribution is 2.30. The zero-order chi connectivity index (χ0) is 18.1. The van der Waals surface area contributed by atoms with Crippen molar-refractivity contribution >= 4 is 27.9 Å². The normalized spacial score (nSPS) is 13.0. The van der Waals surface area contributed by atoms with Gasteiger partial charge in [-0.3, -0.25) is 19.7 Å². The van der Waals surface area contributed by atoms with Crippen LogP contribution in [0.15, 0.2) is 28.7 Å². The van der Waals surface area contributed by atoms with Crippen LogP contribution in [0.4, 0.5) is 0 Å². The highest BCUT2D eigenvalue weighted by molar-refractivity contribution is 9.10. The highest BCUT2D eigenvalue weighted by Gasteiger charge is 2.36. The molecule has 1 rings (SSSR count). The molecule has 0 N–H and O–H groups in total. The Morgan fingerprint density at radius 1 is 1.17 bits per heavy atom. The second-order valence-electron chi connectivity index (χ2n) is 5.04. The number of hydrogen-bond acceptors (Lipinski definition) is 6. The van der Waals surface area contributed by atoms with E-state index in [1.165, 1.54) is 0 Å². The monoisotopic (exact) mass is 401 g/mol. The van der Waals surface area contributed by atoms with Crippen LogP contribution in [-0.4, -0.2) is 36.6 Å². The third kappa shape index (κ3) is 6.27. The highest BCUT2D eigenvalue weighted by atomic mass is 79.9. The van der Waals surface area contributed by atoms with Crippen LogP contribution in [0.5, 0.6) is 0 Å². The van der Waals surface area contributed by atoms with Crippen LogP contribution in [0.25, 0.3) is 0 Å². The van der Waals surface area contributed by atoms with E-state index in [2.05, 4.69) is 15.9 Å². The number of halogens is 1. The summed E-state index contributed by atoms with van der Waals surface area (Å²) in [6, 6.07) is 6.84. The molecule has 0 fully saturated rings. The van der Waals surface area contributed by atoms with Crippen molar-refractivity contribution < 1.29 is 24.0 Å². The Balaban J connectivity index is 3.16. The van der Waals surface area contributed by atoms with Gasteiger partial charge in [0.2, 0.25) is 6.54 Å². The maximum absolute atomic E-state index is 12.3. The van der Waals surface area contributed by atoms with Crippen molar-refractivity contribution in [2.75, 3.05) is 19.8 Å². The van der Waals surface area contributed by atoms with Crippen LogP contribution >= 0.6 is 15.9 Å². The van der Waals surface area contributed by atoms with Gasteiger partial charge in [0.05, 0.1) is 31.5 Å². The van der Waals surface area contributed by atoms with Crippen LogP contribution in [0.1, 0.15) is 31.7 Å². The predicted molar refractivity (Wildman–Crippen MR) is 90.1 cm³/mol. The lowest BCUT2D eigenvalue weighted by molar-refractivity contribution is -0.484. The molecule has 0 spiro atoms. The summed E-state index contributed by atoms with van der Waals surface area (Å²) in [5, 5.41) is 11.1. The van der Waals surface area contributed by atoms with Crippen LogP contribution < -0.4 is 0 Å². The van der Waals surface area contributed by atoms with Crippen molar-refractivity contribution in [3.8, 4) is 0 Å². The molecule has 24 heavy (non-hydrogen) atoms. The van der Waals surface area contributed by atoms with Crippen molar-refractivity contribution in [3.05, 3.63) is 44.4 Å². The molecule has 7 nitrogen and oxygen atoms in total. The molecule has 0 saturated carbocycles. The summed E-state index contributed by atoms with van der Waals surface area (Å²) >= 11 is 3.30. The Kier molecular flexibility index (Phi) is 8.39.